The Morgan fingerprint density at radius 1 is 1.11 bits per heavy atom. The third kappa shape index (κ3) is 6.13. The maximum absolute atomic E-state index is 13.2. The number of anilines is 1. The number of halogens is 1. The van der Waals surface area contributed by atoms with E-state index in [4.69, 9.17) is 16.3 Å². The van der Waals surface area contributed by atoms with Gasteiger partial charge in [-0.15, -0.1) is 11.3 Å². The summed E-state index contributed by atoms with van der Waals surface area (Å²) in [5.74, 6) is -0.377. The number of esters is 1. The van der Waals surface area contributed by atoms with E-state index in [9.17, 15) is 9.59 Å². The first kappa shape index (κ1) is 25.9. The molecule has 0 saturated heterocycles. The third-order valence-corrected chi connectivity index (χ3v) is 7.35. The summed E-state index contributed by atoms with van der Waals surface area (Å²) in [6.45, 7) is 5.99. The number of nitrogens with one attached hydrogen (secondary N) is 1. The van der Waals surface area contributed by atoms with Gasteiger partial charge in [0.1, 0.15) is 10.6 Å². The topological polar surface area (TPSA) is 81.2 Å². The number of amides is 1. The molecule has 2 heterocycles. The number of thioether (sulfide) groups is 1. The Balaban J connectivity index is 1.59. The van der Waals surface area contributed by atoms with Crippen molar-refractivity contribution in [2.75, 3.05) is 11.9 Å². The molecule has 0 atom stereocenters. The minimum absolute atomic E-state index is 0.0403. The van der Waals surface area contributed by atoms with Crippen molar-refractivity contribution in [3.63, 3.8) is 0 Å². The summed E-state index contributed by atoms with van der Waals surface area (Å²) in [6.07, 6.45) is 1.42. The fraction of sp³-hybridized carbons (Fsp3) is 0.185. The number of benzene rings is 2. The van der Waals surface area contributed by atoms with Crippen molar-refractivity contribution in [1.29, 1.82) is 0 Å². The number of rotatable bonds is 8. The lowest BCUT2D eigenvalue weighted by Crippen LogP contribution is -2.17. The molecule has 2 aromatic heterocycles. The van der Waals surface area contributed by atoms with Crippen LogP contribution in [0.25, 0.3) is 11.1 Å². The number of carbonyl (C=O) groups excluding carboxylic acids is 2. The summed E-state index contributed by atoms with van der Waals surface area (Å²) in [7, 11) is 0. The van der Waals surface area contributed by atoms with Crippen LogP contribution in [0.15, 0.2) is 65.3 Å². The highest BCUT2D eigenvalue weighted by Crippen LogP contribution is 2.37. The van der Waals surface area contributed by atoms with Crippen molar-refractivity contribution in [3.05, 3.63) is 93.1 Å². The predicted octanol–water partition coefficient (Wildman–Crippen LogP) is 7.20. The molecule has 6 nitrogen and oxygen atoms in total. The Labute approximate surface area is 223 Å². The van der Waals surface area contributed by atoms with E-state index in [1.54, 1.807) is 6.92 Å². The smallest absolute Gasteiger partial charge is 0.341 e. The van der Waals surface area contributed by atoms with Crippen LogP contribution in [-0.2, 0) is 10.5 Å². The van der Waals surface area contributed by atoms with Crippen LogP contribution < -0.4 is 5.32 Å². The second-order valence-electron chi connectivity index (χ2n) is 8.02. The highest BCUT2D eigenvalue weighted by molar-refractivity contribution is 7.98. The van der Waals surface area contributed by atoms with Crippen LogP contribution in [0.5, 0.6) is 0 Å². The predicted molar refractivity (Wildman–Crippen MR) is 146 cm³/mol. The first-order valence-electron chi connectivity index (χ1n) is 11.2. The molecule has 0 aliphatic rings. The molecule has 4 aromatic rings. The van der Waals surface area contributed by atoms with E-state index in [0.29, 0.717) is 27.0 Å². The van der Waals surface area contributed by atoms with Gasteiger partial charge < -0.3 is 10.1 Å². The molecule has 0 aliphatic heterocycles. The second-order valence-corrected chi connectivity index (χ2v) is 10.3. The van der Waals surface area contributed by atoms with Crippen molar-refractivity contribution in [1.82, 2.24) is 9.97 Å². The average Bonchev–Trinajstić information content (AvgIpc) is 3.27. The van der Waals surface area contributed by atoms with Gasteiger partial charge in [0, 0.05) is 16.7 Å². The highest BCUT2D eigenvalue weighted by atomic mass is 35.5. The van der Waals surface area contributed by atoms with Gasteiger partial charge in [-0.1, -0.05) is 83.0 Å². The van der Waals surface area contributed by atoms with E-state index in [1.807, 2.05) is 61.7 Å². The molecule has 0 unspecified atom stereocenters. The molecule has 0 fully saturated rings. The minimum atomic E-state index is -0.525. The Bertz CT molecular complexity index is 1400. The Hall–Kier alpha value is -3.20. The van der Waals surface area contributed by atoms with Crippen LogP contribution in [0.2, 0.25) is 5.02 Å². The quantitative estimate of drug-likeness (QED) is 0.145. The van der Waals surface area contributed by atoms with Gasteiger partial charge in [-0.25, -0.2) is 14.8 Å². The third-order valence-electron chi connectivity index (χ3n) is 5.25. The number of carbonyl (C=O) groups is 2. The molecule has 0 aliphatic carbocycles. The van der Waals surface area contributed by atoms with Gasteiger partial charge in [-0.2, -0.15) is 0 Å². The molecule has 9 heteroatoms. The number of ether oxygens (including phenoxy) is 1. The SMILES string of the molecule is CCOC(=O)c1c(-c2ccc(C)cc2)csc1NC(=O)c1nc(SCc2cccc(C)c2)ncc1Cl. The van der Waals surface area contributed by atoms with Crippen molar-refractivity contribution >= 4 is 51.6 Å². The van der Waals surface area contributed by atoms with Gasteiger partial charge in [0.15, 0.2) is 10.9 Å². The molecule has 0 saturated carbocycles. The fourth-order valence-electron chi connectivity index (χ4n) is 3.49. The average molecular weight is 538 g/mol. The van der Waals surface area contributed by atoms with E-state index in [2.05, 4.69) is 21.4 Å². The largest absolute Gasteiger partial charge is 0.462 e. The van der Waals surface area contributed by atoms with Gasteiger partial charge in [-0.3, -0.25) is 4.79 Å². The maximum atomic E-state index is 13.2. The normalized spacial score (nSPS) is 10.8. The first-order chi connectivity index (χ1) is 17.4. The lowest BCUT2D eigenvalue weighted by atomic mass is 10.0. The van der Waals surface area contributed by atoms with E-state index in [-0.39, 0.29) is 17.3 Å². The Kier molecular flexibility index (Phi) is 8.40. The van der Waals surface area contributed by atoms with Crippen LogP contribution >= 0.6 is 34.7 Å². The van der Waals surface area contributed by atoms with Gasteiger partial charge in [0.25, 0.3) is 5.91 Å². The lowest BCUT2D eigenvalue weighted by molar-refractivity contribution is 0.0529. The zero-order valence-corrected chi connectivity index (χ0v) is 22.4. The first-order valence-corrected chi connectivity index (χ1v) is 13.5. The number of hydrogen-bond acceptors (Lipinski definition) is 7. The molecule has 36 heavy (non-hydrogen) atoms. The number of aryl methyl sites for hydroxylation is 2. The van der Waals surface area contributed by atoms with Crippen molar-refractivity contribution in [2.45, 2.75) is 31.7 Å². The van der Waals surface area contributed by atoms with Crippen LogP contribution in [0.1, 0.15) is 44.5 Å². The summed E-state index contributed by atoms with van der Waals surface area (Å²) < 4.78 is 5.29. The monoisotopic (exact) mass is 537 g/mol. The standard InChI is InChI=1S/C27H24ClN3O3S2/c1-4-34-26(33)22-20(19-10-8-16(2)9-11-19)15-35-25(22)31-24(32)23-21(28)13-29-27(30-23)36-14-18-7-5-6-17(3)12-18/h5-13,15H,4,14H2,1-3H3,(H,31,32). The molecule has 0 radical (unpaired) electrons. The Morgan fingerprint density at radius 2 is 1.89 bits per heavy atom. The van der Waals surface area contributed by atoms with Crippen LogP contribution in [-0.4, -0.2) is 28.5 Å². The molecule has 4 rings (SSSR count). The molecular formula is C27H24ClN3O3S2. The zero-order valence-electron chi connectivity index (χ0n) is 20.0. The minimum Gasteiger partial charge on any atom is -0.462 e. The number of hydrogen-bond donors (Lipinski definition) is 1. The zero-order chi connectivity index (χ0) is 25.7. The molecule has 1 amide bonds. The van der Waals surface area contributed by atoms with Gasteiger partial charge >= 0.3 is 5.97 Å². The summed E-state index contributed by atoms with van der Waals surface area (Å²) >= 11 is 8.94. The van der Waals surface area contributed by atoms with Crippen LogP contribution in [0, 0.1) is 13.8 Å². The fourth-order valence-corrected chi connectivity index (χ4v) is 5.38. The van der Waals surface area contributed by atoms with Crippen LogP contribution in [0.4, 0.5) is 5.00 Å². The summed E-state index contributed by atoms with van der Waals surface area (Å²) in [4.78, 5) is 34.7. The van der Waals surface area contributed by atoms with E-state index in [1.165, 1.54) is 34.9 Å². The van der Waals surface area contributed by atoms with Crippen molar-refractivity contribution < 1.29 is 14.3 Å². The van der Waals surface area contributed by atoms with E-state index < -0.39 is 11.9 Å². The van der Waals surface area contributed by atoms with Gasteiger partial charge in [-0.05, 0) is 31.9 Å². The summed E-state index contributed by atoms with van der Waals surface area (Å²) in [5, 5.41) is 5.57. The summed E-state index contributed by atoms with van der Waals surface area (Å²) in [5.41, 5.74) is 5.30. The van der Waals surface area contributed by atoms with Crippen molar-refractivity contribution in [3.8, 4) is 11.1 Å². The van der Waals surface area contributed by atoms with Gasteiger partial charge in [0.05, 0.1) is 17.8 Å². The second kappa shape index (κ2) is 11.7. The van der Waals surface area contributed by atoms with Gasteiger partial charge in [0.2, 0.25) is 0 Å². The molecule has 0 spiro atoms. The molecular weight excluding hydrogens is 514 g/mol. The number of nitrogens with zero attached hydrogens (tertiary/aromatic N) is 2. The Morgan fingerprint density at radius 3 is 2.61 bits per heavy atom. The number of aromatic nitrogens is 2. The maximum Gasteiger partial charge on any atom is 0.341 e. The molecule has 1 N–H and O–H groups in total. The summed E-state index contributed by atoms with van der Waals surface area (Å²) in [6, 6.07) is 16.0. The molecule has 184 valence electrons. The van der Waals surface area contributed by atoms with E-state index >= 15 is 0 Å². The van der Waals surface area contributed by atoms with E-state index in [0.717, 1.165) is 16.7 Å². The number of thiophene rings is 1. The lowest BCUT2D eigenvalue weighted by Gasteiger charge is -2.10. The molecule has 0 bridgehead atoms. The molecule has 2 aromatic carbocycles. The van der Waals surface area contributed by atoms with Crippen LogP contribution in [0.3, 0.4) is 0 Å². The highest BCUT2D eigenvalue weighted by Gasteiger charge is 2.24. The van der Waals surface area contributed by atoms with Crippen molar-refractivity contribution in [2.24, 2.45) is 0 Å².